The fourth-order valence-electron chi connectivity index (χ4n) is 1.63. The summed E-state index contributed by atoms with van der Waals surface area (Å²) in [5.41, 5.74) is 4.96. The van der Waals surface area contributed by atoms with Crippen molar-refractivity contribution in [2.75, 3.05) is 0 Å². The first-order valence-electron chi connectivity index (χ1n) is 6.98. The molecule has 0 atom stereocenters. The molecule has 0 fully saturated rings. The number of nitrogens with two attached hydrogens (primary N) is 1. The zero-order valence-electron chi connectivity index (χ0n) is 13.1. The Hall–Kier alpha value is -1.53. The van der Waals surface area contributed by atoms with Gasteiger partial charge < -0.3 is 20.6 Å². The summed E-state index contributed by atoms with van der Waals surface area (Å²) in [6.45, 7) is 7.03. The maximum Gasteiger partial charge on any atom is 0.309 e. The van der Waals surface area contributed by atoms with E-state index in [1.54, 1.807) is 32.0 Å². The highest BCUT2D eigenvalue weighted by Crippen LogP contribution is 2.24. The lowest BCUT2D eigenvalue weighted by Crippen LogP contribution is -2.49. The number of phenols is 1. The Bertz CT molecular complexity index is 509. The van der Waals surface area contributed by atoms with Gasteiger partial charge in [0.2, 0.25) is 5.91 Å². The summed E-state index contributed by atoms with van der Waals surface area (Å²) in [6.07, 6.45) is 0.580. The lowest BCUT2D eigenvalue weighted by Gasteiger charge is -2.37. The van der Waals surface area contributed by atoms with Gasteiger partial charge in [-0.1, -0.05) is 17.6 Å². The number of phenolic OH excluding ortho intramolecular Hbond substituents is 1. The average molecular weight is 293 g/mol. The number of hydrogen-bond acceptors (Lipinski definition) is 4. The van der Waals surface area contributed by atoms with Crippen LogP contribution in [0.2, 0.25) is 0 Å². The van der Waals surface area contributed by atoms with Crippen molar-refractivity contribution in [2.45, 2.75) is 51.7 Å². The van der Waals surface area contributed by atoms with E-state index in [1.807, 2.05) is 13.8 Å². The number of hydrogen-bond donors (Lipinski definition) is 3. The summed E-state index contributed by atoms with van der Waals surface area (Å²) in [5.74, 6) is -0.263. The van der Waals surface area contributed by atoms with Crippen LogP contribution in [0.3, 0.4) is 0 Å². The van der Waals surface area contributed by atoms with E-state index in [1.165, 1.54) is 0 Å². The van der Waals surface area contributed by atoms with Gasteiger partial charge in [0, 0.05) is 6.42 Å². The summed E-state index contributed by atoms with van der Waals surface area (Å²) in [7, 11) is 0.306. The van der Waals surface area contributed by atoms with Crippen LogP contribution >= 0.6 is 0 Å². The molecule has 6 heteroatoms. The van der Waals surface area contributed by atoms with E-state index in [9.17, 15) is 15.0 Å². The highest BCUT2D eigenvalue weighted by molar-refractivity contribution is 6.47. The molecule has 4 N–H and O–H groups in total. The van der Waals surface area contributed by atoms with Gasteiger partial charge >= 0.3 is 7.48 Å². The lowest BCUT2D eigenvalue weighted by atomic mass is 9.81. The van der Waals surface area contributed by atoms with Crippen molar-refractivity contribution >= 4 is 18.9 Å². The number of aliphatic hydroxyl groups is 1. The molecule has 0 saturated heterocycles. The predicted octanol–water partition coefficient (Wildman–Crippen LogP) is 0.353. The number of carbonyl (C=O) groups excluding carboxylic acids is 1. The molecule has 5 nitrogen and oxygen atoms in total. The minimum absolute atomic E-state index is 0.141. The third kappa shape index (κ3) is 5.06. The highest BCUT2D eigenvalue weighted by atomic mass is 16.5. The van der Waals surface area contributed by atoms with E-state index in [4.69, 9.17) is 10.4 Å². The highest BCUT2D eigenvalue weighted by Gasteiger charge is 2.35. The van der Waals surface area contributed by atoms with Crippen LogP contribution in [0.1, 0.15) is 39.7 Å². The summed E-state index contributed by atoms with van der Waals surface area (Å²) in [5, 5.41) is 19.8. The van der Waals surface area contributed by atoms with Gasteiger partial charge in [0.25, 0.3) is 0 Å². The Morgan fingerprint density at radius 1 is 1.33 bits per heavy atom. The van der Waals surface area contributed by atoms with Crippen LogP contribution in [0.5, 0.6) is 5.75 Å². The topological polar surface area (TPSA) is 92.8 Å². The Morgan fingerprint density at radius 2 is 1.95 bits per heavy atom. The number of primary amides is 1. The number of carbonyl (C=O) groups is 1. The van der Waals surface area contributed by atoms with E-state index in [2.05, 4.69) is 0 Å². The lowest BCUT2D eigenvalue weighted by molar-refractivity contribution is -0.117. The SMILES string of the molecule is CC(C)(O)C(C)(C)OBc1ccc(O)c(CCC(N)=O)c1. The van der Waals surface area contributed by atoms with Crippen molar-refractivity contribution in [3.63, 3.8) is 0 Å². The van der Waals surface area contributed by atoms with Gasteiger partial charge in [-0.25, -0.2) is 0 Å². The first-order chi connectivity index (χ1) is 9.53. The molecule has 0 radical (unpaired) electrons. The van der Waals surface area contributed by atoms with Crippen LogP contribution in [-0.2, 0) is 15.9 Å². The van der Waals surface area contributed by atoms with Gasteiger partial charge in [-0.15, -0.1) is 0 Å². The van der Waals surface area contributed by atoms with E-state index >= 15 is 0 Å². The monoisotopic (exact) mass is 293 g/mol. The molecule has 1 amide bonds. The minimum atomic E-state index is -0.973. The Morgan fingerprint density at radius 3 is 2.48 bits per heavy atom. The Kier molecular flexibility index (Phi) is 5.42. The average Bonchev–Trinajstić information content (AvgIpc) is 2.34. The molecule has 1 rings (SSSR count). The molecular weight excluding hydrogens is 269 g/mol. The maximum atomic E-state index is 10.8. The zero-order valence-corrected chi connectivity index (χ0v) is 13.1. The van der Waals surface area contributed by atoms with Gasteiger partial charge in [0.15, 0.2) is 0 Å². The van der Waals surface area contributed by atoms with E-state index in [0.717, 1.165) is 5.46 Å². The normalized spacial score (nSPS) is 12.2. The minimum Gasteiger partial charge on any atom is -0.508 e. The molecule has 0 heterocycles. The van der Waals surface area contributed by atoms with Crippen molar-refractivity contribution in [2.24, 2.45) is 5.73 Å². The molecule has 116 valence electrons. The van der Waals surface area contributed by atoms with Crippen LogP contribution in [0.4, 0.5) is 0 Å². The Labute approximate surface area is 126 Å². The molecular formula is C15H24BNO4. The van der Waals surface area contributed by atoms with Crippen LogP contribution < -0.4 is 11.2 Å². The van der Waals surface area contributed by atoms with Gasteiger partial charge in [-0.05, 0) is 45.7 Å². The number of benzene rings is 1. The Balaban J connectivity index is 2.77. The van der Waals surface area contributed by atoms with E-state index in [-0.39, 0.29) is 12.2 Å². The van der Waals surface area contributed by atoms with Crippen molar-refractivity contribution in [3.05, 3.63) is 23.8 Å². The van der Waals surface area contributed by atoms with Gasteiger partial charge in [-0.3, -0.25) is 4.79 Å². The van der Waals surface area contributed by atoms with Crippen LogP contribution in [0, 0.1) is 0 Å². The third-order valence-corrected chi connectivity index (χ3v) is 3.86. The standard InChI is InChI=1S/C15H24BNO4/c1-14(2,20)15(3,4)21-16-11-6-7-12(18)10(9-11)5-8-13(17)19/h6-7,9,16,18,20H,5,8H2,1-4H3,(H2,17,19). The third-order valence-electron chi connectivity index (χ3n) is 3.86. The first-order valence-corrected chi connectivity index (χ1v) is 6.98. The summed E-state index contributed by atoms with van der Waals surface area (Å²) in [4.78, 5) is 10.8. The molecule has 1 aromatic carbocycles. The maximum absolute atomic E-state index is 10.8. The molecule has 0 spiro atoms. The molecule has 0 saturated carbocycles. The van der Waals surface area contributed by atoms with Crippen molar-refractivity contribution < 1.29 is 19.7 Å². The number of amides is 1. The zero-order chi connectivity index (χ0) is 16.3. The molecule has 0 aliphatic heterocycles. The predicted molar refractivity (Wildman–Crippen MR) is 83.9 cm³/mol. The van der Waals surface area contributed by atoms with Crippen molar-refractivity contribution in [1.29, 1.82) is 0 Å². The van der Waals surface area contributed by atoms with Crippen LogP contribution in [0.15, 0.2) is 18.2 Å². The summed E-state index contributed by atoms with van der Waals surface area (Å²) >= 11 is 0. The smallest absolute Gasteiger partial charge is 0.309 e. The molecule has 0 unspecified atom stereocenters. The number of aromatic hydroxyl groups is 1. The van der Waals surface area contributed by atoms with Crippen molar-refractivity contribution in [3.8, 4) is 5.75 Å². The summed E-state index contributed by atoms with van der Waals surface area (Å²) < 4.78 is 5.78. The molecule has 0 bridgehead atoms. The fourth-order valence-corrected chi connectivity index (χ4v) is 1.63. The second-order valence-electron chi connectivity index (χ2n) is 6.29. The number of rotatable bonds is 7. The second kappa shape index (κ2) is 6.49. The van der Waals surface area contributed by atoms with E-state index in [0.29, 0.717) is 19.5 Å². The second-order valence-corrected chi connectivity index (χ2v) is 6.29. The van der Waals surface area contributed by atoms with Gasteiger partial charge in [-0.2, -0.15) is 0 Å². The van der Waals surface area contributed by atoms with Crippen LogP contribution in [-0.4, -0.2) is 34.8 Å². The molecule has 0 aromatic heterocycles. The van der Waals surface area contributed by atoms with Gasteiger partial charge in [0.1, 0.15) is 5.75 Å². The molecule has 1 aromatic rings. The first kappa shape index (κ1) is 17.5. The van der Waals surface area contributed by atoms with Crippen molar-refractivity contribution in [1.82, 2.24) is 0 Å². The summed E-state index contributed by atoms with van der Waals surface area (Å²) in [6, 6.07) is 5.12. The quantitative estimate of drug-likeness (QED) is 0.633. The molecule has 21 heavy (non-hydrogen) atoms. The largest absolute Gasteiger partial charge is 0.508 e. The molecule has 0 aliphatic rings. The van der Waals surface area contributed by atoms with E-state index < -0.39 is 17.1 Å². The fraction of sp³-hybridized carbons (Fsp3) is 0.533. The number of aryl methyl sites for hydroxylation is 1. The van der Waals surface area contributed by atoms with Gasteiger partial charge in [0.05, 0.1) is 11.2 Å². The molecule has 0 aliphatic carbocycles. The van der Waals surface area contributed by atoms with Crippen LogP contribution in [0.25, 0.3) is 0 Å².